The van der Waals surface area contributed by atoms with Crippen LogP contribution in [-0.4, -0.2) is 15.5 Å². The number of halogens is 2. The number of hydrogen-bond acceptors (Lipinski definition) is 3. The Hall–Kier alpha value is -2.51. The van der Waals surface area contributed by atoms with Crippen LogP contribution in [0.5, 0.6) is 0 Å². The second-order valence-corrected chi connectivity index (χ2v) is 7.23. The Morgan fingerprint density at radius 3 is 2.75 bits per heavy atom. The molecule has 3 rings (SSSR count). The molecule has 1 heterocycles. The van der Waals surface area contributed by atoms with Crippen LogP contribution in [-0.2, 0) is 6.54 Å². The Morgan fingerprint density at radius 2 is 2.04 bits per heavy atom. The molecule has 1 amide bonds. The summed E-state index contributed by atoms with van der Waals surface area (Å²) in [4.78, 5) is 28.2. The number of amides is 1. The summed E-state index contributed by atoms with van der Waals surface area (Å²) >= 11 is 11.1. The fourth-order valence-electron chi connectivity index (χ4n) is 2.90. The SMILES string of the molecule is CCCCCn1c(=S)[nH]c2cc(C(=O)Nc3ccc(F)c(Cl)c3)ccc2c1=O. The summed E-state index contributed by atoms with van der Waals surface area (Å²) in [5.41, 5.74) is 1.02. The standard InChI is InChI=1S/C20H19ClFN3O2S/c1-2-3-4-9-25-19(27)14-7-5-12(10-17(14)24-20(25)28)18(26)23-13-6-8-16(22)15(21)11-13/h5-8,10-11H,2-4,9H2,1H3,(H,23,26)(H,24,28). The van der Waals surface area contributed by atoms with E-state index in [1.807, 2.05) is 0 Å². The van der Waals surface area contributed by atoms with E-state index < -0.39 is 11.7 Å². The lowest BCUT2D eigenvalue weighted by molar-refractivity contribution is 0.102. The predicted octanol–water partition coefficient (Wildman–Crippen LogP) is 5.29. The molecule has 2 aromatic carbocycles. The molecule has 0 aliphatic carbocycles. The quantitative estimate of drug-likeness (QED) is 0.421. The number of fused-ring (bicyclic) bond motifs is 1. The zero-order valence-corrected chi connectivity index (χ0v) is 16.8. The number of anilines is 1. The van der Waals surface area contributed by atoms with Crippen LogP contribution in [0.3, 0.4) is 0 Å². The molecule has 0 aliphatic rings. The Kier molecular flexibility index (Phi) is 6.26. The molecule has 0 radical (unpaired) electrons. The van der Waals surface area contributed by atoms with Gasteiger partial charge in [0, 0.05) is 17.8 Å². The van der Waals surface area contributed by atoms with Gasteiger partial charge in [0.15, 0.2) is 4.77 Å². The van der Waals surface area contributed by atoms with E-state index in [2.05, 4.69) is 17.2 Å². The first-order chi connectivity index (χ1) is 13.4. The smallest absolute Gasteiger partial charge is 0.262 e. The maximum Gasteiger partial charge on any atom is 0.262 e. The van der Waals surface area contributed by atoms with Gasteiger partial charge in [-0.25, -0.2) is 4.39 Å². The summed E-state index contributed by atoms with van der Waals surface area (Å²) in [6.45, 7) is 2.65. The van der Waals surface area contributed by atoms with Crippen LogP contribution in [0.4, 0.5) is 10.1 Å². The van der Waals surface area contributed by atoms with Crippen LogP contribution in [0.2, 0.25) is 5.02 Å². The van der Waals surface area contributed by atoms with E-state index in [1.165, 1.54) is 18.2 Å². The molecule has 0 saturated heterocycles. The number of benzene rings is 2. The zero-order chi connectivity index (χ0) is 20.3. The molecular formula is C20H19ClFN3O2S. The first-order valence-electron chi connectivity index (χ1n) is 8.94. The highest BCUT2D eigenvalue weighted by Gasteiger charge is 2.11. The van der Waals surface area contributed by atoms with Gasteiger partial charge in [-0.2, -0.15) is 0 Å². The summed E-state index contributed by atoms with van der Waals surface area (Å²) in [5, 5.41) is 3.04. The van der Waals surface area contributed by atoms with E-state index in [4.69, 9.17) is 23.8 Å². The minimum absolute atomic E-state index is 0.0796. The predicted molar refractivity (Wildman–Crippen MR) is 112 cm³/mol. The lowest BCUT2D eigenvalue weighted by atomic mass is 10.1. The molecule has 0 spiro atoms. The number of H-pyrrole nitrogens is 1. The lowest BCUT2D eigenvalue weighted by Gasteiger charge is -2.10. The molecule has 28 heavy (non-hydrogen) atoms. The van der Waals surface area contributed by atoms with Gasteiger partial charge in [-0.05, 0) is 55.0 Å². The fraction of sp³-hybridized carbons (Fsp3) is 0.250. The van der Waals surface area contributed by atoms with Crippen molar-refractivity contribution in [1.82, 2.24) is 9.55 Å². The highest BCUT2D eigenvalue weighted by atomic mass is 35.5. The normalized spacial score (nSPS) is 11.0. The number of rotatable bonds is 6. The van der Waals surface area contributed by atoms with Gasteiger partial charge in [-0.1, -0.05) is 31.4 Å². The van der Waals surface area contributed by atoms with Crippen molar-refractivity contribution >= 4 is 46.3 Å². The van der Waals surface area contributed by atoms with E-state index in [0.717, 1.165) is 19.3 Å². The van der Waals surface area contributed by atoms with Gasteiger partial charge in [-0.15, -0.1) is 0 Å². The third-order valence-corrected chi connectivity index (χ3v) is 5.02. The monoisotopic (exact) mass is 419 g/mol. The van der Waals surface area contributed by atoms with Crippen molar-refractivity contribution in [2.45, 2.75) is 32.7 Å². The summed E-state index contributed by atoms with van der Waals surface area (Å²) in [7, 11) is 0. The average molecular weight is 420 g/mol. The molecule has 0 unspecified atom stereocenters. The molecule has 146 valence electrons. The molecule has 0 bridgehead atoms. The van der Waals surface area contributed by atoms with Gasteiger partial charge >= 0.3 is 0 Å². The van der Waals surface area contributed by atoms with Crippen molar-refractivity contribution < 1.29 is 9.18 Å². The van der Waals surface area contributed by atoms with Crippen LogP contribution in [0.25, 0.3) is 10.9 Å². The molecule has 1 aromatic heterocycles. The van der Waals surface area contributed by atoms with E-state index in [1.54, 1.807) is 22.8 Å². The van der Waals surface area contributed by atoms with E-state index >= 15 is 0 Å². The fourth-order valence-corrected chi connectivity index (χ4v) is 3.36. The zero-order valence-electron chi connectivity index (χ0n) is 15.2. The molecule has 0 fully saturated rings. The van der Waals surface area contributed by atoms with Crippen LogP contribution in [0.15, 0.2) is 41.2 Å². The summed E-state index contributed by atoms with van der Waals surface area (Å²) in [5.74, 6) is -0.968. The molecule has 2 N–H and O–H groups in total. The number of aromatic amines is 1. The highest BCUT2D eigenvalue weighted by Crippen LogP contribution is 2.20. The minimum atomic E-state index is -0.562. The highest BCUT2D eigenvalue weighted by molar-refractivity contribution is 7.71. The topological polar surface area (TPSA) is 66.9 Å². The summed E-state index contributed by atoms with van der Waals surface area (Å²) in [6, 6.07) is 8.67. The van der Waals surface area contributed by atoms with E-state index in [9.17, 15) is 14.0 Å². The number of hydrogen-bond donors (Lipinski definition) is 2. The molecule has 0 atom stereocenters. The van der Waals surface area contributed by atoms with Crippen LogP contribution < -0.4 is 10.9 Å². The first-order valence-corrected chi connectivity index (χ1v) is 9.72. The van der Waals surface area contributed by atoms with Crippen molar-refractivity contribution in [3.8, 4) is 0 Å². The Labute approximate surface area is 171 Å². The molecule has 5 nitrogen and oxygen atoms in total. The van der Waals surface area contributed by atoms with Crippen LogP contribution in [0.1, 0.15) is 36.5 Å². The maximum atomic E-state index is 13.2. The van der Waals surface area contributed by atoms with Crippen LogP contribution in [0, 0.1) is 10.6 Å². The van der Waals surface area contributed by atoms with Gasteiger partial charge in [-0.3, -0.25) is 14.2 Å². The Bertz CT molecular complexity index is 1160. The van der Waals surface area contributed by atoms with E-state index in [-0.39, 0.29) is 10.6 Å². The van der Waals surface area contributed by atoms with Gasteiger partial charge in [0.05, 0.1) is 15.9 Å². The van der Waals surface area contributed by atoms with Crippen molar-refractivity contribution in [1.29, 1.82) is 0 Å². The second kappa shape index (κ2) is 8.67. The maximum absolute atomic E-state index is 13.2. The Balaban J connectivity index is 1.90. The largest absolute Gasteiger partial charge is 0.332 e. The second-order valence-electron chi connectivity index (χ2n) is 6.44. The molecular weight excluding hydrogens is 401 g/mol. The number of nitrogens with one attached hydrogen (secondary N) is 2. The Morgan fingerprint density at radius 1 is 1.25 bits per heavy atom. The van der Waals surface area contributed by atoms with Crippen molar-refractivity contribution in [3.63, 3.8) is 0 Å². The van der Waals surface area contributed by atoms with Gasteiger partial charge in [0.2, 0.25) is 0 Å². The molecule has 8 heteroatoms. The minimum Gasteiger partial charge on any atom is -0.332 e. The molecule has 0 aliphatic heterocycles. The lowest BCUT2D eigenvalue weighted by Crippen LogP contribution is -2.22. The third kappa shape index (κ3) is 4.31. The number of unbranched alkanes of at least 4 members (excludes halogenated alkanes) is 2. The third-order valence-electron chi connectivity index (χ3n) is 4.41. The van der Waals surface area contributed by atoms with E-state index in [0.29, 0.717) is 33.5 Å². The molecule has 0 saturated carbocycles. The number of carbonyl (C=O) groups is 1. The number of aromatic nitrogens is 2. The van der Waals surface area contributed by atoms with Crippen LogP contribution >= 0.6 is 23.8 Å². The van der Waals surface area contributed by atoms with Gasteiger partial charge in [0.1, 0.15) is 5.82 Å². The summed E-state index contributed by atoms with van der Waals surface area (Å²) < 4.78 is 15.1. The van der Waals surface area contributed by atoms with Crippen molar-refractivity contribution in [2.24, 2.45) is 0 Å². The van der Waals surface area contributed by atoms with Crippen molar-refractivity contribution in [3.05, 3.63) is 67.9 Å². The molecule has 3 aromatic rings. The first kappa shape index (κ1) is 20.2. The van der Waals surface area contributed by atoms with Gasteiger partial charge < -0.3 is 10.3 Å². The number of nitrogens with zero attached hydrogens (tertiary/aromatic N) is 1. The van der Waals surface area contributed by atoms with Crippen molar-refractivity contribution in [2.75, 3.05) is 5.32 Å². The summed E-state index contributed by atoms with van der Waals surface area (Å²) in [6.07, 6.45) is 2.95. The number of carbonyl (C=O) groups excluding carboxylic acids is 1. The average Bonchev–Trinajstić information content (AvgIpc) is 2.67. The van der Waals surface area contributed by atoms with Gasteiger partial charge in [0.25, 0.3) is 11.5 Å².